The summed E-state index contributed by atoms with van der Waals surface area (Å²) in [4.78, 5) is 26.4. The maximum absolute atomic E-state index is 13.0. The molecule has 1 heterocycles. The molecule has 0 fully saturated rings. The van der Waals surface area contributed by atoms with Gasteiger partial charge in [0.15, 0.2) is 0 Å². The first-order valence-electron chi connectivity index (χ1n) is 7.82. The van der Waals surface area contributed by atoms with Gasteiger partial charge in [0.25, 0.3) is 5.91 Å². The molecule has 0 aliphatic carbocycles. The maximum Gasteiger partial charge on any atom is 0.309 e. The van der Waals surface area contributed by atoms with Crippen molar-refractivity contribution in [2.45, 2.75) is 11.3 Å². The Hall–Kier alpha value is -2.38. The minimum atomic E-state index is -1.65. The van der Waals surface area contributed by atoms with E-state index in [1.54, 1.807) is 47.4 Å². The first kappa shape index (κ1) is 18.4. The van der Waals surface area contributed by atoms with E-state index in [0.717, 1.165) is 0 Å². The fourth-order valence-corrected chi connectivity index (χ4v) is 3.38. The second-order valence-corrected chi connectivity index (χ2v) is 7.37. The van der Waals surface area contributed by atoms with Crippen LogP contribution in [0.1, 0.15) is 15.9 Å². The Morgan fingerprint density at radius 3 is 2.81 bits per heavy atom. The highest BCUT2D eigenvalue weighted by Gasteiger charge is 2.25. The first-order valence-corrected chi connectivity index (χ1v) is 9.79. The van der Waals surface area contributed by atoms with Gasteiger partial charge < -0.3 is 14.4 Å². The molecule has 0 saturated heterocycles. The second kappa shape index (κ2) is 7.88. The van der Waals surface area contributed by atoms with Gasteiger partial charge in [-0.2, -0.15) is 0 Å². The number of benzene rings is 2. The Morgan fingerprint density at radius 1 is 1.27 bits per heavy atom. The van der Waals surface area contributed by atoms with Crippen LogP contribution in [0, 0.1) is 0 Å². The Morgan fingerprint density at radius 2 is 2.08 bits per heavy atom. The number of methoxy groups -OCH3 is 1. The molecule has 0 saturated carbocycles. The number of carbonyl (C=O) groups is 2. The molecule has 1 aliphatic rings. The topological polar surface area (TPSA) is 72.9 Å². The molecule has 0 N–H and O–H groups in total. The largest absolute Gasteiger partial charge is 0.489 e. The Bertz CT molecular complexity index is 886. The van der Waals surface area contributed by atoms with Crippen LogP contribution in [0.4, 0.5) is 5.69 Å². The van der Waals surface area contributed by atoms with E-state index < -0.39 is 10.0 Å². The van der Waals surface area contributed by atoms with E-state index in [1.807, 2.05) is 0 Å². The smallest absolute Gasteiger partial charge is 0.309 e. The number of hydrogen-bond acceptors (Lipinski definition) is 5. The predicted molar refractivity (Wildman–Crippen MR) is 98.0 cm³/mol. The second-order valence-electron chi connectivity index (χ2n) is 5.61. The Labute approximate surface area is 157 Å². The van der Waals surface area contributed by atoms with Crippen LogP contribution in [-0.2, 0) is 26.0 Å². The quantitative estimate of drug-likeness (QED) is 0.590. The highest BCUT2D eigenvalue weighted by Crippen LogP contribution is 2.34. The van der Waals surface area contributed by atoms with Crippen LogP contribution in [0.5, 0.6) is 5.75 Å². The Balaban J connectivity index is 1.89. The van der Waals surface area contributed by atoms with Gasteiger partial charge in [-0.25, -0.2) is 4.21 Å². The molecule has 1 atom stereocenters. The molecule has 3 rings (SSSR count). The van der Waals surface area contributed by atoms with Crippen LogP contribution in [-0.4, -0.2) is 36.3 Å². The number of rotatable bonds is 4. The van der Waals surface area contributed by atoms with Crippen molar-refractivity contribution < 1.29 is 23.3 Å². The first-order chi connectivity index (χ1) is 12.5. The number of hydrogen-bond donors (Lipinski definition) is 0. The van der Waals surface area contributed by atoms with E-state index in [2.05, 4.69) is 4.74 Å². The summed E-state index contributed by atoms with van der Waals surface area (Å²) >= 11 is 0. The summed E-state index contributed by atoms with van der Waals surface area (Å²) in [6.45, 7) is 0.704. The molecule has 1 amide bonds. The summed E-state index contributed by atoms with van der Waals surface area (Å²) in [7, 11) is 5.28. The third kappa shape index (κ3) is 3.89. The molecule has 6 nitrogen and oxygen atoms in total. The molecule has 0 bridgehead atoms. The average molecular weight is 394 g/mol. The van der Waals surface area contributed by atoms with Crippen LogP contribution >= 0.6 is 10.7 Å². The van der Waals surface area contributed by atoms with Gasteiger partial charge in [-0.05, 0) is 46.6 Å². The van der Waals surface area contributed by atoms with Gasteiger partial charge in [0.2, 0.25) is 0 Å². The minimum absolute atomic E-state index is 0.0994. The van der Waals surface area contributed by atoms with Gasteiger partial charge >= 0.3 is 5.97 Å². The normalized spacial score (nSPS) is 14.2. The third-order valence-corrected chi connectivity index (χ3v) is 5.13. The Kier molecular flexibility index (Phi) is 5.58. The van der Waals surface area contributed by atoms with Gasteiger partial charge in [-0.15, -0.1) is 0 Å². The maximum atomic E-state index is 13.0. The lowest BCUT2D eigenvalue weighted by atomic mass is 10.1. The summed E-state index contributed by atoms with van der Waals surface area (Å²) in [6, 6.07) is 11.7. The number of anilines is 1. The molecule has 2 aromatic carbocycles. The van der Waals surface area contributed by atoms with Crippen molar-refractivity contribution in [2.75, 3.05) is 25.2 Å². The zero-order valence-corrected chi connectivity index (χ0v) is 15.5. The summed E-state index contributed by atoms with van der Waals surface area (Å²) in [6.07, 6.45) is 0.0994. The number of nitrogens with zero attached hydrogens (tertiary/aromatic N) is 1. The van der Waals surface area contributed by atoms with E-state index >= 15 is 0 Å². The molecule has 2 aromatic rings. The number of carbonyl (C=O) groups excluding carboxylic acids is 2. The van der Waals surface area contributed by atoms with E-state index in [9.17, 15) is 13.8 Å². The van der Waals surface area contributed by atoms with Crippen molar-refractivity contribution in [3.05, 3.63) is 53.6 Å². The summed E-state index contributed by atoms with van der Waals surface area (Å²) in [5.41, 5.74) is 1.75. The van der Waals surface area contributed by atoms with E-state index in [4.69, 9.17) is 15.4 Å². The molecule has 0 spiro atoms. The van der Waals surface area contributed by atoms with Crippen LogP contribution in [0.2, 0.25) is 0 Å². The summed E-state index contributed by atoms with van der Waals surface area (Å²) in [5.74, 6) is -0.115. The van der Waals surface area contributed by atoms with E-state index in [1.165, 1.54) is 7.11 Å². The lowest BCUT2D eigenvalue weighted by Crippen LogP contribution is -2.38. The molecule has 0 radical (unpaired) electrons. The fraction of sp³-hybridized carbons (Fsp3) is 0.222. The minimum Gasteiger partial charge on any atom is -0.489 e. The van der Waals surface area contributed by atoms with E-state index in [0.29, 0.717) is 40.6 Å². The molecular weight excluding hydrogens is 378 g/mol. The monoisotopic (exact) mass is 393 g/mol. The fourth-order valence-electron chi connectivity index (χ4n) is 2.72. The van der Waals surface area contributed by atoms with Gasteiger partial charge in [0.05, 0.1) is 30.7 Å². The number of esters is 1. The van der Waals surface area contributed by atoms with Crippen LogP contribution in [0.15, 0.2) is 47.4 Å². The molecule has 1 aliphatic heterocycles. The molecule has 8 heteroatoms. The summed E-state index contributed by atoms with van der Waals surface area (Å²) < 4.78 is 21.7. The van der Waals surface area contributed by atoms with Crippen LogP contribution < -0.4 is 9.64 Å². The standard InChI is InChI=1S/C18H16ClNO5S/c1-24-17(21)10-12-3-2-4-13(9-12)18(22)20-7-8-25-16-11-14(26(19)23)5-6-15(16)20/h2-6,9,11H,7-8,10H2,1H3. The lowest BCUT2D eigenvalue weighted by molar-refractivity contribution is -0.139. The number of halogens is 1. The molecular formula is C18H16ClNO5S. The predicted octanol–water partition coefficient (Wildman–Crippen LogP) is 2.70. The van der Waals surface area contributed by atoms with Crippen molar-refractivity contribution in [3.63, 3.8) is 0 Å². The molecule has 1 unspecified atom stereocenters. The molecule has 136 valence electrons. The number of amides is 1. The van der Waals surface area contributed by atoms with Crippen LogP contribution in [0.3, 0.4) is 0 Å². The zero-order valence-electron chi connectivity index (χ0n) is 13.9. The van der Waals surface area contributed by atoms with Gasteiger partial charge in [0.1, 0.15) is 22.4 Å². The summed E-state index contributed by atoms with van der Waals surface area (Å²) in [5, 5.41) is 0. The van der Waals surface area contributed by atoms with Crippen LogP contribution in [0.25, 0.3) is 0 Å². The van der Waals surface area contributed by atoms with Crippen molar-refractivity contribution in [2.24, 2.45) is 0 Å². The van der Waals surface area contributed by atoms with E-state index in [-0.39, 0.29) is 18.3 Å². The third-order valence-electron chi connectivity index (χ3n) is 3.98. The van der Waals surface area contributed by atoms with Crippen molar-refractivity contribution in [1.29, 1.82) is 0 Å². The molecule has 26 heavy (non-hydrogen) atoms. The van der Waals surface area contributed by atoms with Gasteiger partial charge in [0, 0.05) is 5.56 Å². The van der Waals surface area contributed by atoms with Crippen molar-refractivity contribution >= 4 is 38.3 Å². The number of fused-ring (bicyclic) bond motifs is 1. The van der Waals surface area contributed by atoms with Gasteiger partial charge in [-0.1, -0.05) is 12.1 Å². The zero-order chi connectivity index (χ0) is 18.7. The highest BCUT2D eigenvalue weighted by molar-refractivity contribution is 8.08. The van der Waals surface area contributed by atoms with Crippen molar-refractivity contribution in [3.8, 4) is 5.75 Å². The SMILES string of the molecule is COC(=O)Cc1cccc(C(=O)N2CCOc3cc(S(=O)Cl)ccc32)c1. The molecule has 0 aromatic heterocycles. The average Bonchev–Trinajstić information content (AvgIpc) is 2.66. The number of ether oxygens (including phenoxy) is 2. The van der Waals surface area contributed by atoms with Gasteiger partial charge in [-0.3, -0.25) is 9.59 Å². The highest BCUT2D eigenvalue weighted by atomic mass is 35.7. The lowest BCUT2D eigenvalue weighted by Gasteiger charge is -2.30. The van der Waals surface area contributed by atoms with Crippen molar-refractivity contribution in [1.82, 2.24) is 0 Å².